The Morgan fingerprint density at radius 1 is 1.25 bits per heavy atom. The first-order valence-corrected chi connectivity index (χ1v) is 4.20. The molecule has 1 nitrogen and oxygen atoms in total. The molecule has 0 aliphatic rings. The van der Waals surface area contributed by atoms with Crippen molar-refractivity contribution in [1.82, 2.24) is 0 Å². The predicted octanol–water partition coefficient (Wildman–Crippen LogP) is 2.74. The number of halogens is 3. The van der Waals surface area contributed by atoms with Gasteiger partial charge in [0, 0.05) is 6.61 Å². The molecule has 0 aromatic rings. The van der Waals surface area contributed by atoms with Crippen LogP contribution in [0.3, 0.4) is 0 Å². The van der Waals surface area contributed by atoms with Crippen LogP contribution in [0.2, 0.25) is 0 Å². The van der Waals surface area contributed by atoms with Crippen molar-refractivity contribution in [3.05, 3.63) is 0 Å². The Hall–Kier alpha value is -0.250. The molecular formula is C8H15F3O. The molecule has 1 N–H and O–H groups in total. The van der Waals surface area contributed by atoms with Crippen LogP contribution in [0.4, 0.5) is 13.2 Å². The summed E-state index contributed by atoms with van der Waals surface area (Å²) in [7, 11) is 0. The summed E-state index contributed by atoms with van der Waals surface area (Å²) in [5, 5.41) is 8.37. The third kappa shape index (κ3) is 4.59. The fourth-order valence-corrected chi connectivity index (χ4v) is 1.10. The third-order valence-electron chi connectivity index (χ3n) is 1.92. The lowest BCUT2D eigenvalue weighted by Gasteiger charge is -2.17. The smallest absolute Gasteiger partial charge is 0.391 e. The maximum absolute atomic E-state index is 12.1. The minimum Gasteiger partial charge on any atom is -0.396 e. The van der Waals surface area contributed by atoms with E-state index in [-0.39, 0.29) is 19.4 Å². The van der Waals surface area contributed by atoms with Crippen LogP contribution < -0.4 is 0 Å². The van der Waals surface area contributed by atoms with E-state index in [0.717, 1.165) is 0 Å². The number of rotatable bonds is 5. The first-order valence-electron chi connectivity index (χ1n) is 4.20. The Morgan fingerprint density at radius 2 is 1.83 bits per heavy atom. The zero-order valence-corrected chi connectivity index (χ0v) is 7.19. The molecule has 0 spiro atoms. The van der Waals surface area contributed by atoms with Crippen molar-refractivity contribution in [2.75, 3.05) is 6.61 Å². The molecule has 0 aliphatic heterocycles. The van der Waals surface area contributed by atoms with Gasteiger partial charge in [-0.1, -0.05) is 13.3 Å². The van der Waals surface area contributed by atoms with E-state index < -0.39 is 12.1 Å². The number of hydrogen-bond donors (Lipinski definition) is 1. The van der Waals surface area contributed by atoms with Crippen molar-refractivity contribution in [2.45, 2.75) is 38.8 Å². The van der Waals surface area contributed by atoms with E-state index in [1.165, 1.54) is 6.92 Å². The average molecular weight is 184 g/mol. The maximum Gasteiger partial charge on any atom is 0.391 e. The molecular weight excluding hydrogens is 169 g/mol. The van der Waals surface area contributed by atoms with Crippen molar-refractivity contribution >= 4 is 0 Å². The zero-order chi connectivity index (χ0) is 9.61. The van der Waals surface area contributed by atoms with Gasteiger partial charge >= 0.3 is 6.18 Å². The lowest BCUT2D eigenvalue weighted by molar-refractivity contribution is -0.177. The van der Waals surface area contributed by atoms with E-state index in [2.05, 4.69) is 0 Å². The van der Waals surface area contributed by atoms with Gasteiger partial charge in [-0.05, 0) is 19.3 Å². The molecule has 0 saturated heterocycles. The van der Waals surface area contributed by atoms with E-state index in [1.807, 2.05) is 0 Å². The number of aliphatic hydroxyl groups is 1. The SMILES string of the molecule is CCC(CCCCO)C(F)(F)F. The molecule has 0 aliphatic carbocycles. The lowest BCUT2D eigenvalue weighted by Crippen LogP contribution is -2.22. The summed E-state index contributed by atoms with van der Waals surface area (Å²) in [4.78, 5) is 0. The van der Waals surface area contributed by atoms with Gasteiger partial charge in [-0.15, -0.1) is 0 Å². The maximum atomic E-state index is 12.1. The summed E-state index contributed by atoms with van der Waals surface area (Å²) >= 11 is 0. The topological polar surface area (TPSA) is 20.2 Å². The molecule has 0 heterocycles. The highest BCUT2D eigenvalue weighted by Gasteiger charge is 2.37. The standard InChI is InChI=1S/C8H15F3O/c1-2-7(8(9,10)11)5-3-4-6-12/h7,12H,2-6H2,1H3. The molecule has 4 heteroatoms. The number of unbranched alkanes of at least 4 members (excludes halogenated alkanes) is 1. The van der Waals surface area contributed by atoms with Gasteiger partial charge in [-0.2, -0.15) is 13.2 Å². The molecule has 0 fully saturated rings. The summed E-state index contributed by atoms with van der Waals surface area (Å²) in [6.07, 6.45) is -2.87. The molecule has 0 aromatic carbocycles. The van der Waals surface area contributed by atoms with Gasteiger partial charge in [0.25, 0.3) is 0 Å². The Morgan fingerprint density at radius 3 is 2.17 bits per heavy atom. The van der Waals surface area contributed by atoms with Crippen molar-refractivity contribution in [1.29, 1.82) is 0 Å². The van der Waals surface area contributed by atoms with Crippen LogP contribution in [0, 0.1) is 5.92 Å². The second-order valence-corrected chi connectivity index (χ2v) is 2.87. The quantitative estimate of drug-likeness (QED) is 0.651. The minimum absolute atomic E-state index is 0.0196. The van der Waals surface area contributed by atoms with Crippen LogP contribution in [0.25, 0.3) is 0 Å². The van der Waals surface area contributed by atoms with Crippen molar-refractivity contribution in [3.8, 4) is 0 Å². The van der Waals surface area contributed by atoms with Gasteiger partial charge in [0.2, 0.25) is 0 Å². The molecule has 74 valence electrons. The van der Waals surface area contributed by atoms with Crippen LogP contribution in [0.15, 0.2) is 0 Å². The monoisotopic (exact) mass is 184 g/mol. The fraction of sp³-hybridized carbons (Fsp3) is 1.00. The van der Waals surface area contributed by atoms with Crippen LogP contribution in [0.5, 0.6) is 0 Å². The van der Waals surface area contributed by atoms with Gasteiger partial charge in [-0.25, -0.2) is 0 Å². The second kappa shape index (κ2) is 5.41. The van der Waals surface area contributed by atoms with Crippen molar-refractivity contribution in [3.63, 3.8) is 0 Å². The molecule has 0 amide bonds. The Kier molecular flexibility index (Phi) is 5.29. The molecule has 0 rings (SSSR count). The van der Waals surface area contributed by atoms with Gasteiger partial charge in [0.05, 0.1) is 5.92 Å². The first-order chi connectivity index (χ1) is 5.52. The summed E-state index contributed by atoms with van der Waals surface area (Å²) in [5.74, 6) is -1.19. The highest BCUT2D eigenvalue weighted by molar-refractivity contribution is 4.65. The van der Waals surface area contributed by atoms with Crippen molar-refractivity contribution in [2.24, 2.45) is 5.92 Å². The third-order valence-corrected chi connectivity index (χ3v) is 1.92. The molecule has 0 bridgehead atoms. The van der Waals surface area contributed by atoms with Crippen LogP contribution in [0.1, 0.15) is 32.6 Å². The van der Waals surface area contributed by atoms with E-state index in [0.29, 0.717) is 12.8 Å². The number of hydrogen-bond acceptors (Lipinski definition) is 1. The Balaban J connectivity index is 3.68. The zero-order valence-electron chi connectivity index (χ0n) is 7.19. The number of alkyl halides is 3. The van der Waals surface area contributed by atoms with Gasteiger partial charge in [0.1, 0.15) is 0 Å². The highest BCUT2D eigenvalue weighted by Crippen LogP contribution is 2.32. The summed E-state index contributed by atoms with van der Waals surface area (Å²) < 4.78 is 36.3. The Bertz CT molecular complexity index is 111. The fourth-order valence-electron chi connectivity index (χ4n) is 1.10. The predicted molar refractivity (Wildman–Crippen MR) is 40.8 cm³/mol. The van der Waals surface area contributed by atoms with E-state index in [1.54, 1.807) is 0 Å². The largest absolute Gasteiger partial charge is 0.396 e. The summed E-state index contributed by atoms with van der Waals surface area (Å²) in [6.45, 7) is 1.52. The van der Waals surface area contributed by atoms with Crippen molar-refractivity contribution < 1.29 is 18.3 Å². The molecule has 12 heavy (non-hydrogen) atoms. The number of aliphatic hydroxyl groups excluding tert-OH is 1. The molecule has 0 saturated carbocycles. The first kappa shape index (κ1) is 11.8. The molecule has 1 unspecified atom stereocenters. The summed E-state index contributed by atoms with van der Waals surface area (Å²) in [6, 6.07) is 0. The molecule has 0 radical (unpaired) electrons. The van der Waals surface area contributed by atoms with E-state index >= 15 is 0 Å². The normalized spacial score (nSPS) is 14.8. The van der Waals surface area contributed by atoms with Crippen LogP contribution in [-0.2, 0) is 0 Å². The minimum atomic E-state index is -4.07. The molecule has 1 atom stereocenters. The molecule has 0 aromatic heterocycles. The van der Waals surface area contributed by atoms with E-state index in [9.17, 15) is 13.2 Å². The van der Waals surface area contributed by atoms with Gasteiger partial charge in [-0.3, -0.25) is 0 Å². The van der Waals surface area contributed by atoms with Crippen LogP contribution >= 0.6 is 0 Å². The Labute approximate surface area is 70.6 Å². The highest BCUT2D eigenvalue weighted by atomic mass is 19.4. The van der Waals surface area contributed by atoms with Gasteiger partial charge < -0.3 is 5.11 Å². The van der Waals surface area contributed by atoms with Crippen LogP contribution in [-0.4, -0.2) is 17.9 Å². The summed E-state index contributed by atoms with van der Waals surface area (Å²) in [5.41, 5.74) is 0. The average Bonchev–Trinajstić information content (AvgIpc) is 1.95. The van der Waals surface area contributed by atoms with E-state index in [4.69, 9.17) is 5.11 Å². The lowest BCUT2D eigenvalue weighted by atomic mass is 9.99. The second-order valence-electron chi connectivity index (χ2n) is 2.87. The van der Waals surface area contributed by atoms with Gasteiger partial charge in [0.15, 0.2) is 0 Å².